The molecule has 20 heavy (non-hydrogen) atoms. The minimum absolute atomic E-state index is 0.0251. The minimum Gasteiger partial charge on any atom is -0.451 e. The van der Waals surface area contributed by atoms with Gasteiger partial charge in [0.25, 0.3) is 5.89 Å². The zero-order chi connectivity index (χ0) is 13.9. The Morgan fingerprint density at radius 1 is 1.40 bits per heavy atom. The van der Waals surface area contributed by atoms with E-state index in [4.69, 9.17) is 9.15 Å². The molecule has 3 aromatic rings. The minimum atomic E-state index is -0.403. The average molecular weight is 289 g/mol. The van der Waals surface area contributed by atoms with E-state index in [1.807, 2.05) is 40.5 Å². The summed E-state index contributed by atoms with van der Waals surface area (Å²) in [5, 5.41) is 9.30. The number of aryl methyl sites for hydroxylation is 1. The molecule has 0 aliphatic carbocycles. The molecule has 3 rings (SSSR count). The Morgan fingerprint density at radius 3 is 2.90 bits per heavy atom. The number of aromatic nitrogens is 3. The van der Waals surface area contributed by atoms with Crippen molar-refractivity contribution in [1.82, 2.24) is 14.8 Å². The fourth-order valence-electron chi connectivity index (χ4n) is 1.74. The monoisotopic (exact) mass is 289 g/mol. The third-order valence-corrected chi connectivity index (χ3v) is 3.49. The second-order valence-electron chi connectivity index (χ2n) is 4.02. The topological polar surface area (TPSA) is 70.2 Å². The Hall–Kier alpha value is -2.41. The van der Waals surface area contributed by atoms with Crippen LogP contribution in [-0.2, 0) is 11.3 Å². The molecule has 7 heteroatoms. The van der Waals surface area contributed by atoms with Crippen LogP contribution in [0.3, 0.4) is 0 Å². The molecular formula is C13H11N3O3S. The van der Waals surface area contributed by atoms with Crippen LogP contribution in [0.2, 0.25) is 0 Å². The summed E-state index contributed by atoms with van der Waals surface area (Å²) in [5.74, 6) is 0.328. The highest BCUT2D eigenvalue weighted by molar-refractivity contribution is 7.12. The summed E-state index contributed by atoms with van der Waals surface area (Å²) in [5.41, 5.74) is 0.798. The van der Waals surface area contributed by atoms with Crippen LogP contribution in [0.4, 0.5) is 0 Å². The van der Waals surface area contributed by atoms with Crippen molar-refractivity contribution in [3.8, 4) is 5.69 Å². The molecule has 102 valence electrons. The molecule has 0 aliphatic rings. The number of esters is 1. The molecule has 3 heterocycles. The predicted octanol–water partition coefficient (Wildman–Crippen LogP) is 2.59. The third-order valence-electron chi connectivity index (χ3n) is 2.61. The molecule has 0 atom stereocenters. The SMILES string of the molecule is Cc1nnc(COC(=O)c2sccc2-n2cccc2)o1. The zero-order valence-electron chi connectivity index (χ0n) is 10.6. The summed E-state index contributed by atoms with van der Waals surface area (Å²) in [7, 11) is 0. The Kier molecular flexibility index (Phi) is 3.34. The first-order valence-electron chi connectivity index (χ1n) is 5.91. The lowest BCUT2D eigenvalue weighted by Gasteiger charge is -2.04. The molecule has 0 fully saturated rings. The van der Waals surface area contributed by atoms with Gasteiger partial charge >= 0.3 is 5.97 Å². The second-order valence-corrected chi connectivity index (χ2v) is 4.93. The molecule has 0 radical (unpaired) electrons. The molecule has 0 unspecified atom stereocenters. The first-order chi connectivity index (χ1) is 9.74. The number of ether oxygens (including phenoxy) is 1. The number of carbonyl (C=O) groups is 1. The Labute approximate surface area is 118 Å². The fourth-order valence-corrected chi connectivity index (χ4v) is 2.52. The lowest BCUT2D eigenvalue weighted by Crippen LogP contribution is -2.06. The fraction of sp³-hybridized carbons (Fsp3) is 0.154. The second kappa shape index (κ2) is 5.30. The van der Waals surface area contributed by atoms with E-state index in [0.717, 1.165) is 5.69 Å². The molecule has 3 aromatic heterocycles. The van der Waals surface area contributed by atoms with Crippen LogP contribution in [0.5, 0.6) is 0 Å². The van der Waals surface area contributed by atoms with Crippen LogP contribution in [0.25, 0.3) is 5.69 Å². The van der Waals surface area contributed by atoms with Gasteiger partial charge in [0.2, 0.25) is 5.89 Å². The van der Waals surface area contributed by atoms with E-state index in [1.54, 1.807) is 6.92 Å². The van der Waals surface area contributed by atoms with Crippen molar-refractivity contribution < 1.29 is 13.9 Å². The third kappa shape index (κ3) is 2.48. The summed E-state index contributed by atoms with van der Waals surface area (Å²) >= 11 is 1.33. The first kappa shape index (κ1) is 12.6. The van der Waals surface area contributed by atoms with Gasteiger partial charge in [0, 0.05) is 19.3 Å². The van der Waals surface area contributed by atoms with Gasteiger partial charge < -0.3 is 13.7 Å². The van der Waals surface area contributed by atoms with Gasteiger partial charge in [-0.05, 0) is 23.6 Å². The van der Waals surface area contributed by atoms with Crippen molar-refractivity contribution in [1.29, 1.82) is 0 Å². The molecular weight excluding hydrogens is 278 g/mol. The molecule has 0 saturated heterocycles. The van der Waals surface area contributed by atoms with Crippen molar-refractivity contribution >= 4 is 17.3 Å². The Balaban J connectivity index is 1.73. The Morgan fingerprint density at radius 2 is 2.20 bits per heavy atom. The van der Waals surface area contributed by atoms with Gasteiger partial charge in [-0.15, -0.1) is 21.5 Å². The standard InChI is InChI=1S/C13H11N3O3S/c1-9-14-15-11(19-9)8-18-13(17)12-10(4-7-20-12)16-5-2-3-6-16/h2-7H,8H2,1H3. The molecule has 0 bridgehead atoms. The van der Waals surface area contributed by atoms with Crippen LogP contribution < -0.4 is 0 Å². The summed E-state index contributed by atoms with van der Waals surface area (Å²) in [6.07, 6.45) is 3.75. The highest BCUT2D eigenvalue weighted by atomic mass is 32.1. The van der Waals surface area contributed by atoms with Gasteiger partial charge in [0.1, 0.15) is 4.88 Å². The van der Waals surface area contributed by atoms with Crippen molar-refractivity contribution in [2.24, 2.45) is 0 Å². The van der Waals surface area contributed by atoms with Gasteiger partial charge in [-0.25, -0.2) is 4.79 Å². The summed E-state index contributed by atoms with van der Waals surface area (Å²) in [4.78, 5) is 12.6. The van der Waals surface area contributed by atoms with Crippen LogP contribution in [0.1, 0.15) is 21.5 Å². The highest BCUT2D eigenvalue weighted by Gasteiger charge is 2.17. The molecule has 0 N–H and O–H groups in total. The quantitative estimate of drug-likeness (QED) is 0.690. The van der Waals surface area contributed by atoms with E-state index in [2.05, 4.69) is 10.2 Å². The zero-order valence-corrected chi connectivity index (χ0v) is 11.5. The van der Waals surface area contributed by atoms with E-state index in [9.17, 15) is 4.79 Å². The maximum absolute atomic E-state index is 12.1. The van der Waals surface area contributed by atoms with Crippen LogP contribution >= 0.6 is 11.3 Å². The number of rotatable bonds is 4. The molecule has 0 aliphatic heterocycles. The van der Waals surface area contributed by atoms with Gasteiger partial charge in [-0.2, -0.15) is 0 Å². The summed E-state index contributed by atoms with van der Waals surface area (Å²) in [6.45, 7) is 1.66. The lowest BCUT2D eigenvalue weighted by atomic mass is 10.4. The van der Waals surface area contributed by atoms with E-state index in [0.29, 0.717) is 10.8 Å². The molecule has 6 nitrogen and oxygen atoms in total. The van der Waals surface area contributed by atoms with Crippen LogP contribution in [0, 0.1) is 6.92 Å². The van der Waals surface area contributed by atoms with Crippen molar-refractivity contribution in [2.75, 3.05) is 0 Å². The number of carbonyl (C=O) groups excluding carboxylic acids is 1. The van der Waals surface area contributed by atoms with E-state index in [1.165, 1.54) is 11.3 Å². The van der Waals surface area contributed by atoms with Crippen molar-refractivity contribution in [2.45, 2.75) is 13.5 Å². The first-order valence-corrected chi connectivity index (χ1v) is 6.79. The molecule has 0 aromatic carbocycles. The maximum Gasteiger partial charge on any atom is 0.350 e. The van der Waals surface area contributed by atoms with E-state index >= 15 is 0 Å². The van der Waals surface area contributed by atoms with Gasteiger partial charge in [-0.3, -0.25) is 0 Å². The number of thiophene rings is 1. The van der Waals surface area contributed by atoms with Crippen molar-refractivity contribution in [3.63, 3.8) is 0 Å². The normalized spacial score (nSPS) is 10.7. The number of hydrogen-bond donors (Lipinski definition) is 0. The van der Waals surface area contributed by atoms with Crippen LogP contribution in [-0.4, -0.2) is 20.7 Å². The predicted molar refractivity (Wildman–Crippen MR) is 71.8 cm³/mol. The average Bonchev–Trinajstić information content (AvgIpc) is 3.16. The Bertz CT molecular complexity index is 715. The number of hydrogen-bond acceptors (Lipinski definition) is 6. The maximum atomic E-state index is 12.1. The smallest absolute Gasteiger partial charge is 0.350 e. The highest BCUT2D eigenvalue weighted by Crippen LogP contribution is 2.22. The van der Waals surface area contributed by atoms with Crippen molar-refractivity contribution in [3.05, 3.63) is 52.6 Å². The van der Waals surface area contributed by atoms with Gasteiger partial charge in [0.15, 0.2) is 6.61 Å². The van der Waals surface area contributed by atoms with E-state index in [-0.39, 0.29) is 12.5 Å². The van der Waals surface area contributed by atoms with Gasteiger partial charge in [-0.1, -0.05) is 0 Å². The molecule has 0 amide bonds. The van der Waals surface area contributed by atoms with E-state index < -0.39 is 5.97 Å². The number of nitrogens with zero attached hydrogens (tertiary/aromatic N) is 3. The largest absolute Gasteiger partial charge is 0.451 e. The molecule has 0 spiro atoms. The van der Waals surface area contributed by atoms with Gasteiger partial charge in [0.05, 0.1) is 5.69 Å². The molecule has 0 saturated carbocycles. The lowest BCUT2D eigenvalue weighted by molar-refractivity contribution is 0.0442. The van der Waals surface area contributed by atoms with Crippen LogP contribution in [0.15, 0.2) is 40.4 Å². The summed E-state index contributed by atoms with van der Waals surface area (Å²) in [6, 6.07) is 5.67. The summed E-state index contributed by atoms with van der Waals surface area (Å²) < 4.78 is 12.2.